The van der Waals surface area contributed by atoms with Gasteiger partial charge in [0.2, 0.25) is 0 Å². The molecule has 2 rings (SSSR count). The molecule has 0 aromatic heterocycles. The summed E-state index contributed by atoms with van der Waals surface area (Å²) in [4.78, 5) is -0.662. The second-order valence-electron chi connectivity index (χ2n) is 4.22. The van der Waals surface area contributed by atoms with Gasteiger partial charge in [0.15, 0.2) is 0 Å². The first-order valence-corrected chi connectivity index (χ1v) is 5.61. The molecule has 0 radical (unpaired) electrons. The highest BCUT2D eigenvalue weighted by molar-refractivity contribution is 6.58. The quantitative estimate of drug-likeness (QED) is 0.650. The molecule has 76 valence electrons. The van der Waals surface area contributed by atoms with Gasteiger partial charge < -0.3 is 0 Å². The van der Waals surface area contributed by atoms with Crippen molar-refractivity contribution in [2.45, 2.75) is 23.1 Å². The zero-order valence-electron chi connectivity index (χ0n) is 8.02. The summed E-state index contributed by atoms with van der Waals surface area (Å²) in [6, 6.07) is 9.75. The van der Waals surface area contributed by atoms with E-state index in [1.165, 1.54) is 0 Å². The Kier molecular flexibility index (Phi) is 2.13. The number of hydrogen-bond donors (Lipinski definition) is 0. The van der Waals surface area contributed by atoms with Gasteiger partial charge in [-0.1, -0.05) is 67.4 Å². The van der Waals surface area contributed by atoms with Crippen molar-refractivity contribution in [2.75, 3.05) is 0 Å². The van der Waals surface area contributed by atoms with Crippen LogP contribution in [0.15, 0.2) is 30.3 Å². The maximum Gasteiger partial charge on any atom is 0.149 e. The standard InChI is InChI=1S/C11H11Cl3/c1-9(2)10(12,11(9,13)14)8-6-4-3-5-7-8/h3-7H,1-2H3. The van der Waals surface area contributed by atoms with Crippen LogP contribution in [-0.4, -0.2) is 4.33 Å². The molecular formula is C11H11Cl3. The van der Waals surface area contributed by atoms with E-state index in [-0.39, 0.29) is 5.41 Å². The molecule has 1 aromatic carbocycles. The van der Waals surface area contributed by atoms with Crippen molar-refractivity contribution in [1.29, 1.82) is 0 Å². The van der Waals surface area contributed by atoms with Crippen molar-refractivity contribution < 1.29 is 0 Å². The predicted molar refractivity (Wildman–Crippen MR) is 62.2 cm³/mol. The van der Waals surface area contributed by atoms with Crippen LogP contribution in [0, 0.1) is 5.41 Å². The monoisotopic (exact) mass is 248 g/mol. The van der Waals surface area contributed by atoms with Gasteiger partial charge in [-0.2, -0.15) is 0 Å². The maximum atomic E-state index is 6.49. The fraction of sp³-hybridized carbons (Fsp3) is 0.455. The molecule has 0 spiro atoms. The van der Waals surface area contributed by atoms with Crippen LogP contribution in [0.1, 0.15) is 19.4 Å². The van der Waals surface area contributed by atoms with Crippen LogP contribution >= 0.6 is 34.8 Å². The van der Waals surface area contributed by atoms with Crippen molar-refractivity contribution in [1.82, 2.24) is 0 Å². The van der Waals surface area contributed by atoms with Crippen LogP contribution in [0.4, 0.5) is 0 Å². The first-order valence-electron chi connectivity index (χ1n) is 4.48. The van der Waals surface area contributed by atoms with E-state index < -0.39 is 9.21 Å². The molecular weight excluding hydrogens is 238 g/mol. The lowest BCUT2D eigenvalue weighted by Crippen LogP contribution is -2.07. The minimum Gasteiger partial charge on any atom is -0.110 e. The summed E-state index contributed by atoms with van der Waals surface area (Å²) < 4.78 is -0.886. The van der Waals surface area contributed by atoms with Crippen molar-refractivity contribution in [3.8, 4) is 0 Å². The van der Waals surface area contributed by atoms with E-state index in [0.29, 0.717) is 0 Å². The number of hydrogen-bond acceptors (Lipinski definition) is 0. The minimum absolute atomic E-state index is 0.300. The Morgan fingerprint density at radius 2 is 1.36 bits per heavy atom. The van der Waals surface area contributed by atoms with E-state index in [1.54, 1.807) is 0 Å². The van der Waals surface area contributed by atoms with Gasteiger partial charge in [0, 0.05) is 5.41 Å². The fourth-order valence-electron chi connectivity index (χ4n) is 1.93. The molecule has 0 saturated heterocycles. The van der Waals surface area contributed by atoms with Gasteiger partial charge in [0.25, 0.3) is 0 Å². The highest BCUT2D eigenvalue weighted by Crippen LogP contribution is 2.79. The molecule has 0 amide bonds. The topological polar surface area (TPSA) is 0 Å². The van der Waals surface area contributed by atoms with Gasteiger partial charge in [0.1, 0.15) is 9.21 Å². The third-order valence-electron chi connectivity index (χ3n) is 3.19. The molecule has 3 heteroatoms. The van der Waals surface area contributed by atoms with E-state index in [9.17, 15) is 0 Å². The van der Waals surface area contributed by atoms with Crippen molar-refractivity contribution >= 4 is 34.8 Å². The molecule has 1 unspecified atom stereocenters. The third-order valence-corrected chi connectivity index (χ3v) is 5.87. The summed E-state index contributed by atoms with van der Waals surface area (Å²) in [7, 11) is 0. The highest BCUT2D eigenvalue weighted by atomic mass is 35.5. The zero-order chi connectivity index (χ0) is 10.6. The lowest BCUT2D eigenvalue weighted by Gasteiger charge is -2.11. The zero-order valence-corrected chi connectivity index (χ0v) is 10.3. The van der Waals surface area contributed by atoms with E-state index >= 15 is 0 Å². The summed E-state index contributed by atoms with van der Waals surface area (Å²) in [5, 5.41) is 0. The minimum atomic E-state index is -0.886. The predicted octanol–water partition coefficient (Wildman–Crippen LogP) is 4.33. The first-order chi connectivity index (χ1) is 6.36. The maximum absolute atomic E-state index is 6.49. The molecule has 1 aliphatic carbocycles. The lowest BCUT2D eigenvalue weighted by molar-refractivity contribution is 0.590. The van der Waals surface area contributed by atoms with E-state index in [1.807, 2.05) is 44.2 Å². The number of halogens is 3. The molecule has 0 heterocycles. The van der Waals surface area contributed by atoms with E-state index in [2.05, 4.69) is 0 Å². The average Bonchev–Trinajstić information content (AvgIpc) is 2.47. The Morgan fingerprint density at radius 1 is 0.929 bits per heavy atom. The van der Waals surface area contributed by atoms with Crippen LogP contribution in [0.5, 0.6) is 0 Å². The van der Waals surface area contributed by atoms with Crippen molar-refractivity contribution in [3.63, 3.8) is 0 Å². The van der Waals surface area contributed by atoms with Crippen LogP contribution in [0.3, 0.4) is 0 Å². The largest absolute Gasteiger partial charge is 0.149 e. The Hall–Kier alpha value is 0.0900. The molecule has 0 N–H and O–H groups in total. The molecule has 1 saturated carbocycles. The summed E-state index contributed by atoms with van der Waals surface area (Å²) in [5.41, 5.74) is 0.683. The molecule has 1 aliphatic rings. The van der Waals surface area contributed by atoms with Crippen molar-refractivity contribution in [2.24, 2.45) is 5.41 Å². The normalized spacial score (nSPS) is 32.6. The molecule has 0 aliphatic heterocycles. The second-order valence-corrected chi connectivity index (χ2v) is 6.12. The van der Waals surface area contributed by atoms with Gasteiger partial charge in [-0.3, -0.25) is 0 Å². The van der Waals surface area contributed by atoms with Gasteiger partial charge in [-0.05, 0) is 5.56 Å². The average molecular weight is 250 g/mol. The molecule has 1 aromatic rings. The highest BCUT2D eigenvalue weighted by Gasteiger charge is 2.82. The van der Waals surface area contributed by atoms with Crippen LogP contribution in [-0.2, 0) is 4.87 Å². The summed E-state index contributed by atoms with van der Waals surface area (Å²) in [5.74, 6) is 0. The number of benzene rings is 1. The smallest absolute Gasteiger partial charge is 0.110 e. The van der Waals surface area contributed by atoms with Gasteiger partial charge >= 0.3 is 0 Å². The summed E-state index contributed by atoms with van der Waals surface area (Å²) >= 11 is 18.9. The molecule has 0 bridgehead atoms. The van der Waals surface area contributed by atoms with Gasteiger partial charge in [0.05, 0.1) is 0 Å². The third kappa shape index (κ3) is 0.973. The van der Waals surface area contributed by atoms with E-state index in [4.69, 9.17) is 34.8 Å². The first kappa shape index (κ1) is 10.6. The Bertz CT molecular complexity index is 340. The van der Waals surface area contributed by atoms with Gasteiger partial charge in [-0.15, -0.1) is 11.6 Å². The van der Waals surface area contributed by atoms with Crippen LogP contribution in [0.2, 0.25) is 0 Å². The Balaban J connectivity index is 2.48. The summed E-state index contributed by atoms with van der Waals surface area (Å²) in [6.07, 6.45) is 0. The fourth-order valence-corrected chi connectivity index (χ4v) is 3.36. The van der Waals surface area contributed by atoms with Crippen LogP contribution in [0.25, 0.3) is 0 Å². The number of rotatable bonds is 1. The van der Waals surface area contributed by atoms with Crippen molar-refractivity contribution in [3.05, 3.63) is 35.9 Å². The summed E-state index contributed by atoms with van der Waals surface area (Å²) in [6.45, 7) is 3.96. The molecule has 1 fully saturated rings. The SMILES string of the molecule is CC1(C)C(Cl)(Cl)C1(Cl)c1ccccc1. The number of alkyl halides is 3. The Morgan fingerprint density at radius 3 is 1.71 bits per heavy atom. The van der Waals surface area contributed by atoms with Crippen LogP contribution < -0.4 is 0 Å². The molecule has 14 heavy (non-hydrogen) atoms. The van der Waals surface area contributed by atoms with Gasteiger partial charge in [-0.25, -0.2) is 0 Å². The Labute approximate surface area is 99.2 Å². The lowest BCUT2D eigenvalue weighted by atomic mass is 10.0. The second kappa shape index (κ2) is 2.81. The molecule has 1 atom stereocenters. The molecule has 0 nitrogen and oxygen atoms in total. The van der Waals surface area contributed by atoms with E-state index in [0.717, 1.165) is 5.56 Å².